The summed E-state index contributed by atoms with van der Waals surface area (Å²) in [5, 5.41) is 2.96. The van der Waals surface area contributed by atoms with Crippen LogP contribution in [0.3, 0.4) is 0 Å². The Hall–Kier alpha value is -1.53. The molecular weight excluding hydrogens is 376 g/mol. The van der Waals surface area contributed by atoms with Gasteiger partial charge in [0.05, 0.1) is 23.9 Å². The number of hydrogen-bond donors (Lipinski definition) is 0. The van der Waals surface area contributed by atoms with Crippen LogP contribution >= 0.6 is 27.7 Å². The fourth-order valence-corrected chi connectivity index (χ4v) is 4.15. The van der Waals surface area contributed by atoms with Gasteiger partial charge in [-0.2, -0.15) is 0 Å². The van der Waals surface area contributed by atoms with Crippen molar-refractivity contribution in [1.29, 1.82) is 0 Å². The van der Waals surface area contributed by atoms with Crippen molar-refractivity contribution in [2.75, 3.05) is 6.61 Å². The SMILES string of the molecule is CCOC(=O)C1=C(C)N=C2SC=C(C)N2[C@H]1c1cccc(Br)c1. The third-order valence-corrected chi connectivity index (χ3v) is 5.22. The molecule has 1 atom stereocenters. The van der Waals surface area contributed by atoms with Crippen LogP contribution in [-0.2, 0) is 9.53 Å². The molecule has 23 heavy (non-hydrogen) atoms. The summed E-state index contributed by atoms with van der Waals surface area (Å²) in [5.41, 5.74) is 3.43. The van der Waals surface area contributed by atoms with Crippen molar-refractivity contribution in [2.45, 2.75) is 26.8 Å². The van der Waals surface area contributed by atoms with E-state index in [1.807, 2.05) is 45.0 Å². The smallest absolute Gasteiger partial charge is 0.338 e. The molecule has 0 aromatic heterocycles. The highest BCUT2D eigenvalue weighted by Crippen LogP contribution is 2.44. The second-order valence-corrected chi connectivity index (χ2v) is 7.07. The number of fused-ring (bicyclic) bond motifs is 1. The fourth-order valence-electron chi connectivity index (χ4n) is 2.79. The summed E-state index contributed by atoms with van der Waals surface area (Å²) in [7, 11) is 0. The maximum absolute atomic E-state index is 12.6. The Morgan fingerprint density at radius 3 is 2.91 bits per heavy atom. The van der Waals surface area contributed by atoms with E-state index < -0.39 is 0 Å². The van der Waals surface area contributed by atoms with E-state index in [0.717, 1.165) is 26.6 Å². The highest BCUT2D eigenvalue weighted by molar-refractivity contribution is 9.10. The van der Waals surface area contributed by atoms with Gasteiger partial charge in [0.2, 0.25) is 0 Å². The Kier molecular flexibility index (Phi) is 4.64. The van der Waals surface area contributed by atoms with E-state index in [2.05, 4.69) is 31.2 Å². The summed E-state index contributed by atoms with van der Waals surface area (Å²) in [6.07, 6.45) is 0. The lowest BCUT2D eigenvalue weighted by molar-refractivity contribution is -0.139. The molecule has 0 fully saturated rings. The number of benzene rings is 1. The van der Waals surface area contributed by atoms with Crippen molar-refractivity contribution in [3.63, 3.8) is 0 Å². The average molecular weight is 393 g/mol. The Labute approximate surface area is 148 Å². The first-order valence-corrected chi connectivity index (χ1v) is 9.05. The number of aliphatic imine (C=N–C) groups is 1. The first kappa shape index (κ1) is 16.3. The highest BCUT2D eigenvalue weighted by Gasteiger charge is 2.39. The predicted octanol–water partition coefficient (Wildman–Crippen LogP) is 4.61. The number of halogens is 1. The van der Waals surface area contributed by atoms with Crippen molar-refractivity contribution in [1.82, 2.24) is 4.90 Å². The number of thioether (sulfide) groups is 1. The number of esters is 1. The number of ether oxygens (including phenoxy) is 1. The lowest BCUT2D eigenvalue weighted by atomic mass is 9.94. The molecule has 1 aromatic carbocycles. The van der Waals surface area contributed by atoms with Gasteiger partial charge < -0.3 is 9.64 Å². The lowest BCUT2D eigenvalue weighted by Crippen LogP contribution is -2.36. The molecular formula is C17H17BrN2O2S. The minimum Gasteiger partial charge on any atom is -0.463 e. The van der Waals surface area contributed by atoms with Gasteiger partial charge in [-0.15, -0.1) is 0 Å². The Morgan fingerprint density at radius 1 is 1.43 bits per heavy atom. The standard InChI is InChI=1S/C17H17BrN2O2S/c1-4-22-16(21)14-11(3)19-17-20(10(2)9-23-17)15(14)12-6-5-7-13(18)8-12/h5-9,15H,4H2,1-3H3/t15-/m0/s1. The number of hydrogen-bond acceptors (Lipinski definition) is 5. The zero-order valence-electron chi connectivity index (χ0n) is 13.2. The molecule has 2 aliphatic heterocycles. The van der Waals surface area contributed by atoms with Gasteiger partial charge in [0.15, 0.2) is 5.17 Å². The van der Waals surface area contributed by atoms with Crippen molar-refractivity contribution in [3.05, 3.63) is 56.7 Å². The molecule has 3 rings (SSSR count). The minimum atomic E-state index is -0.303. The molecule has 120 valence electrons. The maximum Gasteiger partial charge on any atom is 0.338 e. The second-order valence-electron chi connectivity index (χ2n) is 5.32. The molecule has 0 amide bonds. The van der Waals surface area contributed by atoms with Crippen molar-refractivity contribution in [3.8, 4) is 0 Å². The monoisotopic (exact) mass is 392 g/mol. The molecule has 6 heteroatoms. The first-order chi connectivity index (χ1) is 11.0. The highest BCUT2D eigenvalue weighted by atomic mass is 79.9. The minimum absolute atomic E-state index is 0.217. The molecule has 0 unspecified atom stereocenters. The number of nitrogens with zero attached hydrogens (tertiary/aromatic N) is 2. The molecule has 0 radical (unpaired) electrons. The van der Waals surface area contributed by atoms with E-state index in [1.54, 1.807) is 11.8 Å². The molecule has 0 N–H and O–H groups in total. The molecule has 0 aliphatic carbocycles. The zero-order valence-corrected chi connectivity index (χ0v) is 15.6. The van der Waals surface area contributed by atoms with Crippen LogP contribution in [0.1, 0.15) is 32.4 Å². The molecule has 1 aromatic rings. The second kappa shape index (κ2) is 6.53. The number of allylic oxidation sites excluding steroid dienone is 2. The third kappa shape index (κ3) is 2.97. The largest absolute Gasteiger partial charge is 0.463 e. The van der Waals surface area contributed by atoms with E-state index in [1.165, 1.54) is 0 Å². The molecule has 0 bridgehead atoms. The normalized spacial score (nSPS) is 20.2. The van der Waals surface area contributed by atoms with Crippen molar-refractivity contribution in [2.24, 2.45) is 4.99 Å². The van der Waals surface area contributed by atoms with Crippen LogP contribution < -0.4 is 0 Å². The molecule has 0 spiro atoms. The topological polar surface area (TPSA) is 41.9 Å². The third-order valence-electron chi connectivity index (χ3n) is 3.77. The number of carbonyl (C=O) groups excluding carboxylic acids is 1. The van der Waals surface area contributed by atoms with E-state index in [0.29, 0.717) is 12.2 Å². The number of amidine groups is 1. The van der Waals surface area contributed by atoms with Gasteiger partial charge in [0, 0.05) is 10.2 Å². The number of rotatable bonds is 3. The van der Waals surface area contributed by atoms with Crippen LogP contribution in [0.2, 0.25) is 0 Å². The zero-order chi connectivity index (χ0) is 16.6. The van der Waals surface area contributed by atoms with Gasteiger partial charge in [-0.25, -0.2) is 9.79 Å². The summed E-state index contributed by atoms with van der Waals surface area (Å²) in [6, 6.07) is 7.80. The van der Waals surface area contributed by atoms with Crippen LogP contribution in [0.5, 0.6) is 0 Å². The molecule has 0 saturated heterocycles. The van der Waals surface area contributed by atoms with Crippen molar-refractivity contribution >= 4 is 38.8 Å². The maximum atomic E-state index is 12.6. The Morgan fingerprint density at radius 2 is 2.22 bits per heavy atom. The van der Waals surface area contributed by atoms with Gasteiger partial charge in [0.25, 0.3) is 0 Å². The number of carbonyl (C=O) groups is 1. The summed E-state index contributed by atoms with van der Waals surface area (Å²) < 4.78 is 6.27. The summed E-state index contributed by atoms with van der Waals surface area (Å²) in [4.78, 5) is 19.3. The van der Waals surface area contributed by atoms with Gasteiger partial charge in [-0.05, 0) is 43.9 Å². The summed E-state index contributed by atoms with van der Waals surface area (Å²) >= 11 is 5.10. The van der Waals surface area contributed by atoms with Crippen LogP contribution in [0.25, 0.3) is 0 Å². The Balaban J connectivity index is 2.15. The fraction of sp³-hybridized carbons (Fsp3) is 0.294. The van der Waals surface area contributed by atoms with Crippen LogP contribution in [0.4, 0.5) is 0 Å². The van der Waals surface area contributed by atoms with E-state index in [-0.39, 0.29) is 12.0 Å². The molecule has 2 heterocycles. The van der Waals surface area contributed by atoms with Crippen LogP contribution in [0, 0.1) is 0 Å². The van der Waals surface area contributed by atoms with Gasteiger partial charge in [-0.1, -0.05) is 39.8 Å². The summed E-state index contributed by atoms with van der Waals surface area (Å²) in [5.74, 6) is -0.303. The average Bonchev–Trinajstić information content (AvgIpc) is 2.87. The molecule has 0 saturated carbocycles. The van der Waals surface area contributed by atoms with E-state index in [4.69, 9.17) is 4.74 Å². The van der Waals surface area contributed by atoms with Gasteiger partial charge >= 0.3 is 5.97 Å². The summed E-state index contributed by atoms with van der Waals surface area (Å²) in [6.45, 7) is 6.07. The van der Waals surface area contributed by atoms with Gasteiger partial charge in [-0.3, -0.25) is 0 Å². The van der Waals surface area contributed by atoms with Crippen molar-refractivity contribution < 1.29 is 9.53 Å². The van der Waals surface area contributed by atoms with E-state index >= 15 is 0 Å². The molecule has 4 nitrogen and oxygen atoms in total. The lowest BCUT2D eigenvalue weighted by Gasteiger charge is -2.35. The Bertz CT molecular complexity index is 755. The predicted molar refractivity (Wildman–Crippen MR) is 96.8 cm³/mol. The molecule has 2 aliphatic rings. The van der Waals surface area contributed by atoms with Crippen LogP contribution in [-0.4, -0.2) is 22.6 Å². The van der Waals surface area contributed by atoms with E-state index in [9.17, 15) is 4.79 Å². The van der Waals surface area contributed by atoms with Gasteiger partial charge in [0.1, 0.15) is 0 Å². The quantitative estimate of drug-likeness (QED) is 0.704. The first-order valence-electron chi connectivity index (χ1n) is 7.37. The van der Waals surface area contributed by atoms with Crippen LogP contribution in [0.15, 0.2) is 56.1 Å².